The zero-order valence-corrected chi connectivity index (χ0v) is 18.0. The number of aliphatic hydroxyl groups is 1. The van der Waals surface area contributed by atoms with Crippen molar-refractivity contribution in [3.05, 3.63) is 41.9 Å². The van der Waals surface area contributed by atoms with E-state index in [1.165, 1.54) is 6.20 Å². The van der Waals surface area contributed by atoms with Gasteiger partial charge in [-0.15, -0.1) is 0 Å². The van der Waals surface area contributed by atoms with Gasteiger partial charge in [0.25, 0.3) is 0 Å². The van der Waals surface area contributed by atoms with Crippen LogP contribution in [0.25, 0.3) is 22.3 Å². The fourth-order valence-electron chi connectivity index (χ4n) is 4.24. The minimum atomic E-state index is -4.61. The second-order valence-electron chi connectivity index (χ2n) is 8.71. The van der Waals surface area contributed by atoms with Crippen molar-refractivity contribution in [2.45, 2.75) is 31.5 Å². The first-order chi connectivity index (χ1) is 15.7. The Morgan fingerprint density at radius 3 is 2.79 bits per heavy atom. The molecule has 174 valence electrons. The molecule has 0 bridgehead atoms. The van der Waals surface area contributed by atoms with Gasteiger partial charge in [-0.3, -0.25) is 0 Å². The van der Waals surface area contributed by atoms with Gasteiger partial charge in [-0.25, -0.2) is 15.0 Å². The van der Waals surface area contributed by atoms with Crippen LogP contribution in [-0.2, 0) is 6.18 Å². The van der Waals surface area contributed by atoms with E-state index in [4.69, 9.17) is 0 Å². The highest BCUT2D eigenvalue weighted by Gasteiger charge is 2.36. The molecule has 1 fully saturated rings. The Morgan fingerprint density at radius 2 is 2.09 bits per heavy atom. The molecule has 0 radical (unpaired) electrons. The number of aromatic nitrogens is 4. The predicted molar refractivity (Wildman–Crippen MR) is 119 cm³/mol. The van der Waals surface area contributed by atoms with E-state index in [9.17, 15) is 18.3 Å². The van der Waals surface area contributed by atoms with Crippen LogP contribution in [0.3, 0.4) is 0 Å². The van der Waals surface area contributed by atoms with Gasteiger partial charge in [0.1, 0.15) is 17.0 Å². The lowest BCUT2D eigenvalue weighted by atomic mass is 10.1. The van der Waals surface area contributed by atoms with Crippen LogP contribution in [0.15, 0.2) is 36.3 Å². The van der Waals surface area contributed by atoms with Gasteiger partial charge in [0.2, 0.25) is 5.95 Å². The number of H-pyrrole nitrogens is 1. The first kappa shape index (κ1) is 21.7. The maximum absolute atomic E-state index is 13.8. The fraction of sp³-hybridized carbons (Fsp3) is 0.409. The van der Waals surface area contributed by atoms with E-state index in [0.717, 1.165) is 24.9 Å². The summed E-state index contributed by atoms with van der Waals surface area (Å²) < 4.78 is 41.4. The van der Waals surface area contributed by atoms with E-state index in [1.807, 2.05) is 11.0 Å². The molecule has 4 N–H and O–H groups in total. The second kappa shape index (κ2) is 7.99. The Labute approximate surface area is 188 Å². The number of alkyl halides is 3. The van der Waals surface area contributed by atoms with E-state index >= 15 is 0 Å². The van der Waals surface area contributed by atoms with Gasteiger partial charge in [-0.05, 0) is 38.4 Å². The molecule has 33 heavy (non-hydrogen) atoms. The summed E-state index contributed by atoms with van der Waals surface area (Å²) in [6.45, 7) is 4.30. The molecular formula is C22H24F3N7O. The van der Waals surface area contributed by atoms with Crippen LogP contribution in [0.2, 0.25) is 0 Å². The van der Waals surface area contributed by atoms with Gasteiger partial charge in [0.15, 0.2) is 0 Å². The van der Waals surface area contributed by atoms with Crippen molar-refractivity contribution >= 4 is 22.8 Å². The fourth-order valence-corrected chi connectivity index (χ4v) is 4.24. The third-order valence-electron chi connectivity index (χ3n) is 5.95. The first-order valence-electron chi connectivity index (χ1n) is 10.8. The summed E-state index contributed by atoms with van der Waals surface area (Å²) in [5.41, 5.74) is -0.343. The number of fused-ring (bicyclic) bond motifs is 1. The van der Waals surface area contributed by atoms with Crippen molar-refractivity contribution in [1.29, 1.82) is 0 Å². The smallest absolute Gasteiger partial charge is 0.388 e. The zero-order valence-electron chi connectivity index (χ0n) is 18.0. The molecular weight excluding hydrogens is 435 g/mol. The van der Waals surface area contributed by atoms with Gasteiger partial charge in [-0.1, -0.05) is 6.08 Å². The summed E-state index contributed by atoms with van der Waals surface area (Å²) in [7, 11) is 0. The third-order valence-corrected chi connectivity index (χ3v) is 5.95. The molecule has 3 aromatic heterocycles. The Hall–Kier alpha value is -3.18. The Kier molecular flexibility index (Phi) is 5.25. The number of hydrogen-bond acceptors (Lipinski definition) is 7. The summed E-state index contributed by atoms with van der Waals surface area (Å²) >= 11 is 0. The standard InChI is InChI=1S/C22H24F3N7O/c1-21(33)6-8-32(12-21)17-5-4-14-15(10-27-19(14)30-17)18-16(22(23,24)25)11-28-20(31-18)29-13-3-2-7-26-9-13/h3-5,10-11,26,33H,2,6-9,12H2,1H3,(H,27,30)(H,28,29,31). The highest BCUT2D eigenvalue weighted by molar-refractivity contribution is 5.94. The minimum absolute atomic E-state index is 0.103. The van der Waals surface area contributed by atoms with Gasteiger partial charge in [0.05, 0.1) is 11.3 Å². The van der Waals surface area contributed by atoms with Crippen LogP contribution in [0, 0.1) is 0 Å². The van der Waals surface area contributed by atoms with Crippen LogP contribution in [-0.4, -0.2) is 56.8 Å². The second-order valence-corrected chi connectivity index (χ2v) is 8.71. The van der Waals surface area contributed by atoms with Crippen LogP contribution < -0.4 is 15.5 Å². The summed E-state index contributed by atoms with van der Waals surface area (Å²) in [5, 5.41) is 17.0. The molecule has 0 aromatic carbocycles. The average molecular weight is 459 g/mol. The van der Waals surface area contributed by atoms with Crippen molar-refractivity contribution in [2.24, 2.45) is 0 Å². The summed E-state index contributed by atoms with van der Waals surface area (Å²) in [6.07, 6.45) is 1.11. The van der Waals surface area contributed by atoms with Crippen molar-refractivity contribution < 1.29 is 18.3 Å². The third kappa shape index (κ3) is 4.38. The zero-order chi connectivity index (χ0) is 23.2. The summed E-state index contributed by atoms with van der Waals surface area (Å²) in [6, 6.07) is 3.49. The van der Waals surface area contributed by atoms with Gasteiger partial charge in [-0.2, -0.15) is 13.2 Å². The molecule has 0 spiro atoms. The number of pyridine rings is 1. The van der Waals surface area contributed by atoms with Crippen molar-refractivity contribution in [2.75, 3.05) is 36.4 Å². The largest absolute Gasteiger partial charge is 0.419 e. The van der Waals surface area contributed by atoms with Gasteiger partial charge in [0, 0.05) is 48.7 Å². The monoisotopic (exact) mass is 459 g/mol. The van der Waals surface area contributed by atoms with E-state index < -0.39 is 17.3 Å². The number of rotatable bonds is 4. The summed E-state index contributed by atoms with van der Waals surface area (Å²) in [4.78, 5) is 17.7. The first-order valence-corrected chi connectivity index (χ1v) is 10.8. The molecule has 0 aliphatic carbocycles. The Bertz CT molecular complexity index is 1220. The quantitative estimate of drug-likeness (QED) is 0.475. The normalized spacial score (nSPS) is 21.5. The number of aromatic amines is 1. The molecule has 2 aliphatic heterocycles. The number of β-amino-alcohol motifs (C(OH)–C–C–N with tert-alkyl or cyclic N) is 1. The number of nitrogens with zero attached hydrogens (tertiary/aromatic N) is 4. The van der Waals surface area contributed by atoms with Crippen LogP contribution in [0.4, 0.5) is 24.9 Å². The Morgan fingerprint density at radius 1 is 1.24 bits per heavy atom. The number of halogens is 3. The molecule has 5 heterocycles. The molecule has 1 saturated heterocycles. The average Bonchev–Trinajstić information content (AvgIpc) is 3.36. The SMILES string of the molecule is CC1(O)CCN(c2ccc3c(-c4nc(NC5=CCCNC5)ncc4C(F)(F)F)c[nH]c3n2)C1. The van der Waals surface area contributed by atoms with Crippen LogP contribution in [0.5, 0.6) is 0 Å². The maximum Gasteiger partial charge on any atom is 0.419 e. The highest BCUT2D eigenvalue weighted by Crippen LogP contribution is 2.39. The van der Waals surface area contributed by atoms with Crippen molar-refractivity contribution in [3.8, 4) is 11.3 Å². The highest BCUT2D eigenvalue weighted by atomic mass is 19.4. The predicted octanol–water partition coefficient (Wildman–Crippen LogP) is 3.29. The molecule has 8 nitrogen and oxygen atoms in total. The lowest BCUT2D eigenvalue weighted by Crippen LogP contribution is -2.29. The number of hydrogen-bond donors (Lipinski definition) is 4. The molecule has 2 aliphatic rings. The minimum Gasteiger partial charge on any atom is -0.388 e. The summed E-state index contributed by atoms with van der Waals surface area (Å²) in [5.74, 6) is 0.762. The topological polar surface area (TPSA) is 102 Å². The van der Waals surface area contributed by atoms with Crippen molar-refractivity contribution in [3.63, 3.8) is 0 Å². The van der Waals surface area contributed by atoms with Crippen LogP contribution in [0.1, 0.15) is 25.3 Å². The molecule has 5 rings (SSSR count). The van der Waals surface area contributed by atoms with Gasteiger partial charge >= 0.3 is 6.18 Å². The molecule has 1 unspecified atom stereocenters. The number of anilines is 2. The Balaban J connectivity index is 1.53. The van der Waals surface area contributed by atoms with Gasteiger partial charge < -0.3 is 25.6 Å². The molecule has 11 heteroatoms. The van der Waals surface area contributed by atoms with Crippen LogP contribution >= 0.6 is 0 Å². The van der Waals surface area contributed by atoms with Crippen molar-refractivity contribution in [1.82, 2.24) is 25.3 Å². The molecule has 0 amide bonds. The van der Waals surface area contributed by atoms with E-state index in [-0.39, 0.29) is 11.6 Å². The van der Waals surface area contributed by atoms with E-state index in [0.29, 0.717) is 48.5 Å². The lowest BCUT2D eigenvalue weighted by Gasteiger charge is -2.19. The van der Waals surface area contributed by atoms with E-state index in [2.05, 4.69) is 30.6 Å². The maximum atomic E-state index is 13.8. The number of nitrogens with one attached hydrogen (secondary N) is 3. The molecule has 1 atom stereocenters. The molecule has 3 aromatic rings. The van der Waals surface area contributed by atoms with E-state index in [1.54, 1.807) is 19.1 Å². The lowest BCUT2D eigenvalue weighted by molar-refractivity contribution is -0.137. The molecule has 0 saturated carbocycles.